The molecule has 24 heavy (non-hydrogen) atoms. The number of aryl methyl sites for hydroxylation is 1. The van der Waals surface area contributed by atoms with E-state index in [-0.39, 0.29) is 11.5 Å². The molecule has 3 aromatic rings. The summed E-state index contributed by atoms with van der Waals surface area (Å²) in [4.78, 5) is 34.9. The number of carbonyl (C=O) groups is 2. The number of methoxy groups -OCH3 is 1. The van der Waals surface area contributed by atoms with Crippen molar-refractivity contribution >= 4 is 34.5 Å². The summed E-state index contributed by atoms with van der Waals surface area (Å²) >= 11 is 1.33. The SMILES string of the molecule is COC(=O)c1c(C)[nH]c(C(=O)CSc2nc3ccccc3[nH]2)c1C. The van der Waals surface area contributed by atoms with Crippen molar-refractivity contribution in [1.29, 1.82) is 0 Å². The number of ether oxygens (including phenoxy) is 1. The van der Waals surface area contributed by atoms with E-state index in [0.29, 0.717) is 27.7 Å². The van der Waals surface area contributed by atoms with Gasteiger partial charge in [0.15, 0.2) is 10.9 Å². The van der Waals surface area contributed by atoms with Crippen molar-refractivity contribution in [2.75, 3.05) is 12.9 Å². The van der Waals surface area contributed by atoms with Gasteiger partial charge in [0.2, 0.25) is 0 Å². The summed E-state index contributed by atoms with van der Waals surface area (Å²) in [6.45, 7) is 3.50. The standard InChI is InChI=1S/C17H17N3O3S/c1-9-14(16(22)23-3)10(2)18-15(9)13(21)8-24-17-19-11-6-4-5-7-12(11)20-17/h4-7,18H,8H2,1-3H3,(H,19,20). The number of Topliss-reactive ketones (excluding diaryl/α,β-unsaturated/α-hetero) is 1. The lowest BCUT2D eigenvalue weighted by Gasteiger charge is -2.00. The molecular formula is C17H17N3O3S. The molecule has 0 spiro atoms. The van der Waals surface area contributed by atoms with Crippen molar-refractivity contribution in [3.05, 3.63) is 46.8 Å². The largest absolute Gasteiger partial charge is 0.465 e. The first kappa shape index (κ1) is 16.3. The minimum atomic E-state index is -0.440. The monoisotopic (exact) mass is 343 g/mol. The average Bonchev–Trinajstić information content (AvgIpc) is 3.12. The zero-order chi connectivity index (χ0) is 17.3. The molecule has 0 fully saturated rings. The number of ketones is 1. The van der Waals surface area contributed by atoms with Crippen LogP contribution >= 0.6 is 11.8 Å². The van der Waals surface area contributed by atoms with Crippen LogP contribution in [0.5, 0.6) is 0 Å². The lowest BCUT2D eigenvalue weighted by Crippen LogP contribution is -2.07. The molecular weight excluding hydrogens is 326 g/mol. The van der Waals surface area contributed by atoms with Gasteiger partial charge in [0.25, 0.3) is 0 Å². The Morgan fingerprint density at radius 2 is 1.96 bits per heavy atom. The Bertz CT molecular complexity index is 893. The maximum absolute atomic E-state index is 12.5. The molecule has 1 aromatic carbocycles. The van der Waals surface area contributed by atoms with E-state index >= 15 is 0 Å². The van der Waals surface area contributed by atoms with E-state index in [1.54, 1.807) is 13.8 Å². The molecule has 0 radical (unpaired) electrons. The zero-order valence-corrected chi connectivity index (χ0v) is 14.4. The van der Waals surface area contributed by atoms with Crippen LogP contribution in [0.1, 0.15) is 32.1 Å². The number of thioether (sulfide) groups is 1. The Morgan fingerprint density at radius 3 is 2.67 bits per heavy atom. The number of aromatic amines is 2. The molecule has 0 saturated carbocycles. The minimum Gasteiger partial charge on any atom is -0.465 e. The molecule has 0 aliphatic rings. The number of fused-ring (bicyclic) bond motifs is 1. The molecule has 0 atom stereocenters. The van der Waals surface area contributed by atoms with Crippen LogP contribution in [0.4, 0.5) is 0 Å². The zero-order valence-electron chi connectivity index (χ0n) is 13.6. The number of rotatable bonds is 5. The molecule has 6 nitrogen and oxygen atoms in total. The van der Waals surface area contributed by atoms with Crippen molar-refractivity contribution < 1.29 is 14.3 Å². The van der Waals surface area contributed by atoms with Crippen molar-refractivity contribution in [3.63, 3.8) is 0 Å². The molecule has 0 unspecified atom stereocenters. The molecule has 124 valence electrons. The summed E-state index contributed by atoms with van der Waals surface area (Å²) in [7, 11) is 1.33. The second kappa shape index (κ2) is 6.52. The van der Waals surface area contributed by atoms with Crippen molar-refractivity contribution in [1.82, 2.24) is 15.0 Å². The summed E-state index contributed by atoms with van der Waals surface area (Å²) < 4.78 is 4.76. The quantitative estimate of drug-likeness (QED) is 0.422. The van der Waals surface area contributed by atoms with E-state index in [2.05, 4.69) is 15.0 Å². The van der Waals surface area contributed by atoms with E-state index in [9.17, 15) is 9.59 Å². The molecule has 0 aliphatic heterocycles. The molecule has 3 rings (SSSR count). The highest BCUT2D eigenvalue weighted by Gasteiger charge is 2.22. The van der Waals surface area contributed by atoms with Gasteiger partial charge < -0.3 is 14.7 Å². The second-order valence-electron chi connectivity index (χ2n) is 5.39. The molecule has 2 heterocycles. The lowest BCUT2D eigenvalue weighted by atomic mass is 10.1. The summed E-state index contributed by atoms with van der Waals surface area (Å²) in [5.74, 6) is -0.303. The lowest BCUT2D eigenvalue weighted by molar-refractivity contribution is 0.0599. The van der Waals surface area contributed by atoms with Crippen molar-refractivity contribution in [2.24, 2.45) is 0 Å². The number of nitrogens with one attached hydrogen (secondary N) is 2. The summed E-state index contributed by atoms with van der Waals surface area (Å²) in [5, 5.41) is 0.693. The molecule has 7 heteroatoms. The molecule has 0 aliphatic carbocycles. The van der Waals surface area contributed by atoms with Gasteiger partial charge >= 0.3 is 5.97 Å². The van der Waals surface area contributed by atoms with Crippen LogP contribution in [0.2, 0.25) is 0 Å². The molecule has 0 amide bonds. The van der Waals surface area contributed by atoms with Gasteiger partial charge in [-0.15, -0.1) is 0 Å². The van der Waals surface area contributed by atoms with Gasteiger partial charge in [-0.2, -0.15) is 0 Å². The molecule has 2 N–H and O–H groups in total. The third-order valence-corrected chi connectivity index (χ3v) is 4.69. The fourth-order valence-electron chi connectivity index (χ4n) is 2.64. The minimum absolute atomic E-state index is 0.0868. The number of para-hydroxylation sites is 2. The number of nitrogens with zero attached hydrogens (tertiary/aromatic N) is 1. The second-order valence-corrected chi connectivity index (χ2v) is 6.35. The van der Waals surface area contributed by atoms with E-state index in [4.69, 9.17) is 4.74 Å². The van der Waals surface area contributed by atoms with Crippen molar-refractivity contribution in [3.8, 4) is 0 Å². The number of aromatic nitrogens is 3. The fourth-order valence-corrected chi connectivity index (χ4v) is 3.40. The van der Waals surface area contributed by atoms with Crippen LogP contribution in [0.25, 0.3) is 11.0 Å². The predicted octanol–water partition coefficient (Wildman–Crippen LogP) is 3.27. The first-order valence-corrected chi connectivity index (χ1v) is 8.38. The molecule has 2 aromatic heterocycles. The van der Waals surface area contributed by atoms with Crippen LogP contribution in [0.3, 0.4) is 0 Å². The van der Waals surface area contributed by atoms with Gasteiger partial charge in [-0.1, -0.05) is 23.9 Å². The average molecular weight is 343 g/mol. The van der Waals surface area contributed by atoms with E-state index in [1.165, 1.54) is 18.9 Å². The van der Waals surface area contributed by atoms with Crippen LogP contribution in [0, 0.1) is 13.8 Å². The van der Waals surface area contributed by atoms with Gasteiger partial charge in [-0.25, -0.2) is 9.78 Å². The highest BCUT2D eigenvalue weighted by atomic mass is 32.2. The predicted molar refractivity (Wildman–Crippen MR) is 92.8 cm³/mol. The van der Waals surface area contributed by atoms with Gasteiger partial charge in [0.05, 0.1) is 35.2 Å². The summed E-state index contributed by atoms with van der Waals surface area (Å²) in [6.07, 6.45) is 0. The smallest absolute Gasteiger partial charge is 0.339 e. The fraction of sp³-hybridized carbons (Fsp3) is 0.235. The third kappa shape index (κ3) is 2.94. The Labute approximate surface area is 143 Å². The van der Waals surface area contributed by atoms with Crippen LogP contribution in [-0.2, 0) is 4.74 Å². The van der Waals surface area contributed by atoms with Crippen LogP contribution in [0.15, 0.2) is 29.4 Å². The van der Waals surface area contributed by atoms with Gasteiger partial charge in [-0.05, 0) is 31.5 Å². The summed E-state index contributed by atoms with van der Waals surface area (Å²) in [5.41, 5.74) is 3.93. The van der Waals surface area contributed by atoms with Gasteiger partial charge in [-0.3, -0.25) is 4.79 Å². The Balaban J connectivity index is 1.76. The van der Waals surface area contributed by atoms with Crippen molar-refractivity contribution in [2.45, 2.75) is 19.0 Å². The Hall–Kier alpha value is -2.54. The number of H-pyrrole nitrogens is 2. The Morgan fingerprint density at radius 1 is 1.21 bits per heavy atom. The number of benzene rings is 1. The normalized spacial score (nSPS) is 11.0. The maximum atomic E-state index is 12.5. The summed E-state index contributed by atoms with van der Waals surface area (Å²) in [6, 6.07) is 7.70. The number of hydrogen-bond donors (Lipinski definition) is 2. The first-order valence-electron chi connectivity index (χ1n) is 7.39. The van der Waals surface area contributed by atoms with Crippen LogP contribution < -0.4 is 0 Å². The maximum Gasteiger partial charge on any atom is 0.339 e. The molecule has 0 bridgehead atoms. The molecule has 0 saturated heterocycles. The van der Waals surface area contributed by atoms with E-state index < -0.39 is 5.97 Å². The van der Waals surface area contributed by atoms with Crippen LogP contribution in [-0.4, -0.2) is 39.6 Å². The third-order valence-electron chi connectivity index (χ3n) is 3.81. The highest BCUT2D eigenvalue weighted by Crippen LogP contribution is 2.23. The number of hydrogen-bond acceptors (Lipinski definition) is 5. The van der Waals surface area contributed by atoms with Gasteiger partial charge in [0, 0.05) is 5.69 Å². The number of esters is 1. The highest BCUT2D eigenvalue weighted by molar-refractivity contribution is 7.99. The number of carbonyl (C=O) groups excluding carboxylic acids is 2. The van der Waals surface area contributed by atoms with Gasteiger partial charge in [0.1, 0.15) is 0 Å². The van der Waals surface area contributed by atoms with E-state index in [1.807, 2.05) is 24.3 Å². The Kier molecular flexibility index (Phi) is 4.44. The topological polar surface area (TPSA) is 87.8 Å². The number of imidazole rings is 1. The van der Waals surface area contributed by atoms with E-state index in [0.717, 1.165) is 11.0 Å². The first-order chi connectivity index (χ1) is 11.5.